The van der Waals surface area contributed by atoms with Gasteiger partial charge in [0.25, 0.3) is 5.91 Å². The summed E-state index contributed by atoms with van der Waals surface area (Å²) in [5.74, 6) is -0.177. The number of ether oxygens (including phenoxy) is 3. The van der Waals surface area contributed by atoms with Crippen molar-refractivity contribution in [2.24, 2.45) is 0 Å². The molecule has 9 heteroatoms. The van der Waals surface area contributed by atoms with Crippen LogP contribution in [0.3, 0.4) is 0 Å². The van der Waals surface area contributed by atoms with E-state index >= 15 is 0 Å². The summed E-state index contributed by atoms with van der Waals surface area (Å²) in [7, 11) is -0.407. The normalized spacial score (nSPS) is 10.8. The topological polar surface area (TPSA) is 108 Å². The van der Waals surface area contributed by atoms with E-state index in [-0.39, 0.29) is 17.0 Å². The highest BCUT2D eigenvalue weighted by molar-refractivity contribution is 7.90. The second kappa shape index (κ2) is 9.23. The molecule has 0 heterocycles. The van der Waals surface area contributed by atoms with Crippen molar-refractivity contribution in [2.45, 2.75) is 11.4 Å². The second-order valence-electron chi connectivity index (χ2n) is 5.84. The van der Waals surface area contributed by atoms with Crippen LogP contribution in [0, 0.1) is 0 Å². The van der Waals surface area contributed by atoms with Crippen LogP contribution in [0.25, 0.3) is 0 Å². The lowest BCUT2D eigenvalue weighted by Crippen LogP contribution is -2.28. The minimum atomic E-state index is -3.45. The van der Waals surface area contributed by atoms with Crippen molar-refractivity contribution in [3.8, 4) is 11.5 Å². The summed E-state index contributed by atoms with van der Waals surface area (Å²) in [6, 6.07) is 10.6. The molecular formula is C19H21NO7S. The van der Waals surface area contributed by atoms with E-state index in [0.29, 0.717) is 11.5 Å². The van der Waals surface area contributed by atoms with E-state index in [1.807, 2.05) is 0 Å². The van der Waals surface area contributed by atoms with E-state index in [1.54, 1.807) is 18.2 Å². The van der Waals surface area contributed by atoms with Gasteiger partial charge in [-0.05, 0) is 35.9 Å². The number of benzene rings is 2. The molecule has 150 valence electrons. The molecule has 2 rings (SSSR count). The van der Waals surface area contributed by atoms with Crippen LogP contribution in [0.1, 0.15) is 15.9 Å². The molecule has 0 atom stereocenters. The fourth-order valence-electron chi connectivity index (χ4n) is 2.31. The first-order chi connectivity index (χ1) is 13.2. The zero-order chi connectivity index (χ0) is 20.7. The summed E-state index contributed by atoms with van der Waals surface area (Å²) in [6.45, 7) is -0.282. The average molecular weight is 407 g/mol. The predicted octanol–water partition coefficient (Wildman–Crippen LogP) is 1.58. The van der Waals surface area contributed by atoms with Gasteiger partial charge >= 0.3 is 5.97 Å². The van der Waals surface area contributed by atoms with Gasteiger partial charge in [-0.1, -0.05) is 12.1 Å². The number of carbonyl (C=O) groups excluding carboxylic acids is 2. The molecule has 0 saturated carbocycles. The van der Waals surface area contributed by atoms with Crippen LogP contribution >= 0.6 is 0 Å². The SMILES string of the molecule is COc1ccc(CNC(=O)COC(=O)c2cccc(S(C)(=O)=O)c2)cc1OC. The van der Waals surface area contributed by atoms with Gasteiger partial charge in [0.05, 0.1) is 24.7 Å². The van der Waals surface area contributed by atoms with Gasteiger partial charge in [0.1, 0.15) is 0 Å². The molecular weight excluding hydrogens is 386 g/mol. The minimum absolute atomic E-state index is 0.000135. The van der Waals surface area contributed by atoms with Crippen LogP contribution in [0.15, 0.2) is 47.4 Å². The average Bonchev–Trinajstić information content (AvgIpc) is 2.69. The Morgan fingerprint density at radius 1 is 1.00 bits per heavy atom. The van der Waals surface area contributed by atoms with Gasteiger partial charge in [-0.3, -0.25) is 4.79 Å². The third-order valence-corrected chi connectivity index (χ3v) is 4.88. The largest absolute Gasteiger partial charge is 0.493 e. The lowest BCUT2D eigenvalue weighted by Gasteiger charge is -2.10. The summed E-state index contributed by atoms with van der Waals surface area (Å²) >= 11 is 0. The number of sulfone groups is 1. The van der Waals surface area contributed by atoms with E-state index in [2.05, 4.69) is 5.32 Å². The number of esters is 1. The third-order valence-electron chi connectivity index (χ3n) is 3.77. The number of hydrogen-bond donors (Lipinski definition) is 1. The molecule has 0 aliphatic carbocycles. The van der Waals surface area contributed by atoms with Gasteiger partial charge in [-0.25, -0.2) is 13.2 Å². The molecule has 0 aliphatic heterocycles. The predicted molar refractivity (Wildman–Crippen MR) is 101 cm³/mol. The first-order valence-electron chi connectivity index (χ1n) is 8.19. The van der Waals surface area contributed by atoms with Crippen molar-refractivity contribution in [3.63, 3.8) is 0 Å². The van der Waals surface area contributed by atoms with Crippen LogP contribution < -0.4 is 14.8 Å². The van der Waals surface area contributed by atoms with Crippen molar-refractivity contribution in [2.75, 3.05) is 27.1 Å². The monoisotopic (exact) mass is 407 g/mol. The fraction of sp³-hybridized carbons (Fsp3) is 0.263. The van der Waals surface area contributed by atoms with Crippen molar-refractivity contribution in [1.82, 2.24) is 5.32 Å². The molecule has 28 heavy (non-hydrogen) atoms. The number of carbonyl (C=O) groups is 2. The van der Waals surface area contributed by atoms with Crippen LogP contribution in [0.2, 0.25) is 0 Å². The van der Waals surface area contributed by atoms with E-state index in [9.17, 15) is 18.0 Å². The highest BCUT2D eigenvalue weighted by atomic mass is 32.2. The maximum atomic E-state index is 12.0. The van der Waals surface area contributed by atoms with Gasteiger partial charge in [0.15, 0.2) is 27.9 Å². The van der Waals surface area contributed by atoms with E-state index in [0.717, 1.165) is 11.8 Å². The highest BCUT2D eigenvalue weighted by Gasteiger charge is 2.14. The summed E-state index contributed by atoms with van der Waals surface area (Å²) in [5, 5.41) is 2.62. The molecule has 0 fully saturated rings. The van der Waals surface area contributed by atoms with Crippen molar-refractivity contribution >= 4 is 21.7 Å². The van der Waals surface area contributed by atoms with E-state index in [1.165, 1.54) is 38.5 Å². The number of amides is 1. The summed E-state index contributed by atoms with van der Waals surface area (Å²) in [4.78, 5) is 23.9. The maximum absolute atomic E-state index is 12.0. The quantitative estimate of drug-likeness (QED) is 0.662. The molecule has 0 radical (unpaired) electrons. The van der Waals surface area contributed by atoms with Gasteiger partial charge in [0, 0.05) is 12.8 Å². The van der Waals surface area contributed by atoms with Crippen molar-refractivity contribution in [1.29, 1.82) is 0 Å². The van der Waals surface area contributed by atoms with Crippen LogP contribution in [0.4, 0.5) is 0 Å². The Balaban J connectivity index is 1.90. The Bertz CT molecular complexity index is 970. The minimum Gasteiger partial charge on any atom is -0.493 e. The zero-order valence-electron chi connectivity index (χ0n) is 15.7. The maximum Gasteiger partial charge on any atom is 0.338 e. The van der Waals surface area contributed by atoms with E-state index in [4.69, 9.17) is 14.2 Å². The summed E-state index contributed by atoms with van der Waals surface area (Å²) in [6.07, 6.45) is 1.04. The molecule has 2 aromatic carbocycles. The smallest absolute Gasteiger partial charge is 0.338 e. The Morgan fingerprint density at radius 3 is 2.36 bits per heavy atom. The Hall–Kier alpha value is -3.07. The Labute approximate surface area is 163 Å². The lowest BCUT2D eigenvalue weighted by atomic mass is 10.2. The third kappa shape index (κ3) is 5.71. The van der Waals surface area contributed by atoms with Gasteiger partial charge in [0.2, 0.25) is 0 Å². The molecule has 0 aliphatic rings. The molecule has 1 N–H and O–H groups in total. The molecule has 0 bridgehead atoms. The van der Waals surface area contributed by atoms with Crippen LogP contribution in [-0.4, -0.2) is 47.4 Å². The lowest BCUT2D eigenvalue weighted by molar-refractivity contribution is -0.124. The van der Waals surface area contributed by atoms with Crippen LogP contribution in [-0.2, 0) is 25.9 Å². The molecule has 0 unspecified atom stereocenters. The zero-order valence-corrected chi connectivity index (χ0v) is 16.5. The molecule has 0 spiro atoms. The number of hydrogen-bond acceptors (Lipinski definition) is 7. The second-order valence-corrected chi connectivity index (χ2v) is 7.86. The highest BCUT2D eigenvalue weighted by Crippen LogP contribution is 2.27. The Kier molecular flexibility index (Phi) is 7.00. The molecule has 0 aromatic heterocycles. The van der Waals surface area contributed by atoms with E-state index < -0.39 is 28.3 Å². The molecule has 2 aromatic rings. The molecule has 1 amide bonds. The first kappa shape index (κ1) is 21.2. The fourth-order valence-corrected chi connectivity index (χ4v) is 2.98. The van der Waals surface area contributed by atoms with Crippen molar-refractivity contribution < 1.29 is 32.2 Å². The molecule has 8 nitrogen and oxygen atoms in total. The Morgan fingerprint density at radius 2 is 1.71 bits per heavy atom. The van der Waals surface area contributed by atoms with Gasteiger partial charge < -0.3 is 19.5 Å². The summed E-state index contributed by atoms with van der Waals surface area (Å²) in [5.41, 5.74) is 0.828. The first-order valence-corrected chi connectivity index (χ1v) is 10.1. The standard InChI is InChI=1S/C19H21NO7S/c1-25-16-8-7-13(9-17(16)26-2)11-20-18(21)12-27-19(22)14-5-4-6-15(10-14)28(3,23)24/h4-10H,11-12H2,1-3H3,(H,20,21). The molecule has 0 saturated heterocycles. The number of methoxy groups -OCH3 is 2. The van der Waals surface area contributed by atoms with Crippen LogP contribution in [0.5, 0.6) is 11.5 Å². The van der Waals surface area contributed by atoms with Gasteiger partial charge in [-0.15, -0.1) is 0 Å². The number of nitrogens with one attached hydrogen (secondary N) is 1. The van der Waals surface area contributed by atoms with Crippen molar-refractivity contribution in [3.05, 3.63) is 53.6 Å². The van der Waals surface area contributed by atoms with Gasteiger partial charge in [-0.2, -0.15) is 0 Å². The summed E-state index contributed by atoms with van der Waals surface area (Å²) < 4.78 is 38.4. The number of rotatable bonds is 8.